The first-order valence-electron chi connectivity index (χ1n) is 6.35. The number of hydrogen-bond donors (Lipinski definition) is 1. The summed E-state index contributed by atoms with van der Waals surface area (Å²) < 4.78 is 5.70. The van der Waals surface area contributed by atoms with Crippen molar-refractivity contribution in [3.8, 4) is 0 Å². The van der Waals surface area contributed by atoms with Crippen LogP contribution >= 0.6 is 0 Å². The molecule has 1 aliphatic rings. The van der Waals surface area contributed by atoms with Gasteiger partial charge in [-0.25, -0.2) is 0 Å². The van der Waals surface area contributed by atoms with Crippen LogP contribution in [-0.2, 0) is 6.42 Å². The molecule has 0 radical (unpaired) electrons. The summed E-state index contributed by atoms with van der Waals surface area (Å²) in [5.41, 5.74) is 0.495. The molecule has 4 heteroatoms. The average molecular weight is 237 g/mol. The first-order chi connectivity index (χ1) is 7.78. The van der Waals surface area contributed by atoms with Crippen LogP contribution in [0.1, 0.15) is 58.7 Å². The van der Waals surface area contributed by atoms with Crippen molar-refractivity contribution < 1.29 is 4.42 Å². The van der Waals surface area contributed by atoms with Gasteiger partial charge in [0.05, 0.1) is 0 Å². The summed E-state index contributed by atoms with van der Waals surface area (Å²) in [5, 5.41) is 11.7. The summed E-state index contributed by atoms with van der Waals surface area (Å²) >= 11 is 0. The molecule has 1 unspecified atom stereocenters. The Morgan fingerprint density at radius 3 is 2.53 bits per heavy atom. The van der Waals surface area contributed by atoms with Crippen molar-refractivity contribution in [2.24, 2.45) is 5.41 Å². The zero-order chi connectivity index (χ0) is 12.7. The van der Waals surface area contributed by atoms with Gasteiger partial charge in [0.2, 0.25) is 11.8 Å². The van der Waals surface area contributed by atoms with Crippen molar-refractivity contribution in [1.82, 2.24) is 15.5 Å². The predicted molar refractivity (Wildman–Crippen MR) is 66.9 cm³/mol. The highest BCUT2D eigenvalue weighted by atomic mass is 16.4. The normalized spacial score (nSPS) is 22.8. The van der Waals surface area contributed by atoms with E-state index in [0.29, 0.717) is 11.3 Å². The first-order valence-corrected chi connectivity index (χ1v) is 6.35. The number of hydrogen-bond acceptors (Lipinski definition) is 4. The lowest BCUT2D eigenvalue weighted by molar-refractivity contribution is 0.396. The fourth-order valence-corrected chi connectivity index (χ4v) is 1.94. The third-order valence-corrected chi connectivity index (χ3v) is 3.29. The van der Waals surface area contributed by atoms with Crippen LogP contribution in [0, 0.1) is 5.41 Å². The lowest BCUT2D eigenvalue weighted by Crippen LogP contribution is -2.37. The van der Waals surface area contributed by atoms with Gasteiger partial charge in [0.25, 0.3) is 0 Å². The van der Waals surface area contributed by atoms with Crippen molar-refractivity contribution in [2.45, 2.75) is 58.9 Å². The quantitative estimate of drug-likeness (QED) is 0.874. The van der Waals surface area contributed by atoms with Crippen LogP contribution in [0.2, 0.25) is 0 Å². The van der Waals surface area contributed by atoms with E-state index in [0.717, 1.165) is 31.2 Å². The first kappa shape index (κ1) is 12.6. The summed E-state index contributed by atoms with van der Waals surface area (Å²) in [4.78, 5) is 0. The average Bonchev–Trinajstić information content (AvgIpc) is 2.60. The number of aromatic nitrogens is 2. The van der Waals surface area contributed by atoms with Crippen LogP contribution in [0.15, 0.2) is 4.42 Å². The lowest BCUT2D eigenvalue weighted by atomic mass is 10.1. The van der Waals surface area contributed by atoms with Crippen LogP contribution in [0.5, 0.6) is 0 Å². The molecule has 1 fully saturated rings. The second-order valence-electron chi connectivity index (χ2n) is 6.71. The fraction of sp³-hybridized carbons (Fsp3) is 0.846. The van der Waals surface area contributed by atoms with E-state index in [4.69, 9.17) is 4.42 Å². The van der Waals surface area contributed by atoms with Gasteiger partial charge < -0.3 is 9.73 Å². The van der Waals surface area contributed by atoms with Gasteiger partial charge in [-0.05, 0) is 32.6 Å². The Hall–Kier alpha value is -0.900. The Labute approximate surface area is 103 Å². The maximum atomic E-state index is 5.70. The standard InChI is InChI=1S/C13H23N3O/c1-12(2,3)14-7-6-10-15-16-11(17-10)9-8-13(9,4)5/h9,14H,6-8H2,1-5H3. The molecule has 17 heavy (non-hydrogen) atoms. The Bertz CT molecular complexity index is 390. The maximum Gasteiger partial charge on any atom is 0.220 e. The lowest BCUT2D eigenvalue weighted by Gasteiger charge is -2.19. The molecule has 1 atom stereocenters. The highest BCUT2D eigenvalue weighted by Gasteiger charge is 2.50. The largest absolute Gasteiger partial charge is 0.425 e. The SMILES string of the molecule is CC(C)(C)NCCc1nnc(C2CC2(C)C)o1. The molecule has 1 aliphatic carbocycles. The van der Waals surface area contributed by atoms with Crippen LogP contribution in [0.4, 0.5) is 0 Å². The van der Waals surface area contributed by atoms with E-state index in [9.17, 15) is 0 Å². The van der Waals surface area contributed by atoms with E-state index < -0.39 is 0 Å². The molecule has 1 saturated carbocycles. The van der Waals surface area contributed by atoms with Crippen molar-refractivity contribution in [2.75, 3.05) is 6.54 Å². The van der Waals surface area contributed by atoms with Gasteiger partial charge in [0.1, 0.15) is 0 Å². The maximum absolute atomic E-state index is 5.70. The summed E-state index contributed by atoms with van der Waals surface area (Å²) in [6.45, 7) is 11.8. The highest BCUT2D eigenvalue weighted by Crippen LogP contribution is 2.58. The minimum atomic E-state index is 0.140. The van der Waals surface area contributed by atoms with Gasteiger partial charge >= 0.3 is 0 Å². The van der Waals surface area contributed by atoms with E-state index in [-0.39, 0.29) is 5.54 Å². The minimum Gasteiger partial charge on any atom is -0.425 e. The molecule has 0 saturated heterocycles. The Balaban J connectivity index is 1.83. The number of nitrogens with zero attached hydrogens (tertiary/aromatic N) is 2. The molecule has 2 rings (SSSR count). The molecule has 96 valence electrons. The number of nitrogens with one attached hydrogen (secondary N) is 1. The Kier molecular flexibility index (Phi) is 3.02. The van der Waals surface area contributed by atoms with Crippen LogP contribution in [0.3, 0.4) is 0 Å². The van der Waals surface area contributed by atoms with Crippen molar-refractivity contribution >= 4 is 0 Å². The van der Waals surface area contributed by atoms with Gasteiger partial charge in [-0.1, -0.05) is 13.8 Å². The second kappa shape index (κ2) is 4.09. The van der Waals surface area contributed by atoms with Crippen molar-refractivity contribution in [1.29, 1.82) is 0 Å². The van der Waals surface area contributed by atoms with E-state index in [1.807, 2.05) is 0 Å². The molecule has 4 nitrogen and oxygen atoms in total. The fourth-order valence-electron chi connectivity index (χ4n) is 1.94. The monoisotopic (exact) mass is 237 g/mol. The van der Waals surface area contributed by atoms with E-state index in [2.05, 4.69) is 50.1 Å². The van der Waals surface area contributed by atoms with Crippen LogP contribution in [-0.4, -0.2) is 22.3 Å². The molecular formula is C13H23N3O. The topological polar surface area (TPSA) is 51.0 Å². The Morgan fingerprint density at radius 1 is 1.35 bits per heavy atom. The minimum absolute atomic E-state index is 0.140. The predicted octanol–water partition coefficient (Wildman–Crippen LogP) is 2.51. The van der Waals surface area contributed by atoms with E-state index in [1.54, 1.807) is 0 Å². The van der Waals surface area contributed by atoms with E-state index in [1.165, 1.54) is 0 Å². The summed E-state index contributed by atoms with van der Waals surface area (Å²) in [5.74, 6) is 2.04. The third kappa shape index (κ3) is 3.28. The molecule has 0 aliphatic heterocycles. The summed E-state index contributed by atoms with van der Waals surface area (Å²) in [6, 6.07) is 0. The van der Waals surface area contributed by atoms with Gasteiger partial charge in [0, 0.05) is 24.4 Å². The highest BCUT2D eigenvalue weighted by molar-refractivity contribution is 5.12. The van der Waals surface area contributed by atoms with Gasteiger partial charge in [-0.2, -0.15) is 0 Å². The summed E-state index contributed by atoms with van der Waals surface area (Å²) in [7, 11) is 0. The van der Waals surface area contributed by atoms with Crippen molar-refractivity contribution in [3.63, 3.8) is 0 Å². The van der Waals surface area contributed by atoms with Gasteiger partial charge in [-0.15, -0.1) is 10.2 Å². The molecule has 0 bridgehead atoms. The molecule has 0 aromatic carbocycles. The van der Waals surface area contributed by atoms with Crippen molar-refractivity contribution in [3.05, 3.63) is 11.8 Å². The Morgan fingerprint density at radius 2 is 2.00 bits per heavy atom. The van der Waals surface area contributed by atoms with Crippen LogP contribution in [0.25, 0.3) is 0 Å². The van der Waals surface area contributed by atoms with Gasteiger partial charge in [0.15, 0.2) is 0 Å². The smallest absolute Gasteiger partial charge is 0.220 e. The van der Waals surface area contributed by atoms with Gasteiger partial charge in [-0.3, -0.25) is 0 Å². The zero-order valence-corrected chi connectivity index (χ0v) is 11.5. The molecule has 1 heterocycles. The molecule has 0 spiro atoms. The van der Waals surface area contributed by atoms with Crippen LogP contribution < -0.4 is 5.32 Å². The molecule has 1 aromatic rings. The second-order valence-corrected chi connectivity index (χ2v) is 6.71. The van der Waals surface area contributed by atoms with E-state index >= 15 is 0 Å². The molecular weight excluding hydrogens is 214 g/mol. The molecule has 1 N–H and O–H groups in total. The molecule has 1 aromatic heterocycles. The third-order valence-electron chi connectivity index (χ3n) is 3.29. The summed E-state index contributed by atoms with van der Waals surface area (Å²) in [6.07, 6.45) is 1.96. The number of rotatable bonds is 4. The zero-order valence-electron chi connectivity index (χ0n) is 11.5. The molecule has 0 amide bonds.